The van der Waals surface area contributed by atoms with Crippen molar-refractivity contribution >= 4 is 29.0 Å². The smallest absolute Gasteiger partial charge is 0.165 e. The fraction of sp³-hybridized carbons (Fsp3) is 0.533. The van der Waals surface area contributed by atoms with Crippen molar-refractivity contribution < 1.29 is 4.79 Å². The molecule has 0 amide bonds. The Morgan fingerprint density at radius 3 is 2.80 bits per heavy atom. The van der Waals surface area contributed by atoms with Crippen LogP contribution in [-0.4, -0.2) is 54.9 Å². The normalized spacial score (nSPS) is 21.1. The van der Waals surface area contributed by atoms with Crippen molar-refractivity contribution in [1.29, 1.82) is 0 Å². The molecule has 1 saturated heterocycles. The third-order valence-electron chi connectivity index (χ3n) is 3.95. The lowest BCUT2D eigenvalue weighted by atomic mass is 10.1. The summed E-state index contributed by atoms with van der Waals surface area (Å²) in [6.45, 7) is 6.05. The SMILES string of the molecule is CC1CN(CCC(=O)c2cccc(Cl)c2Cl)CCN1C. The summed E-state index contributed by atoms with van der Waals surface area (Å²) < 4.78 is 0. The first-order valence-electron chi connectivity index (χ1n) is 6.89. The number of hydrogen-bond donors (Lipinski definition) is 0. The Hall–Kier alpha value is -0.610. The van der Waals surface area contributed by atoms with Gasteiger partial charge < -0.3 is 9.80 Å². The molecule has 1 aliphatic heterocycles. The average Bonchev–Trinajstić information content (AvgIpc) is 2.43. The van der Waals surface area contributed by atoms with Crippen LogP contribution >= 0.6 is 23.2 Å². The first-order valence-corrected chi connectivity index (χ1v) is 7.64. The number of rotatable bonds is 4. The minimum Gasteiger partial charge on any atom is -0.301 e. The van der Waals surface area contributed by atoms with Crippen LogP contribution in [0.4, 0.5) is 0 Å². The van der Waals surface area contributed by atoms with E-state index in [1.807, 2.05) is 0 Å². The molecule has 1 atom stereocenters. The van der Waals surface area contributed by atoms with Gasteiger partial charge in [-0.2, -0.15) is 0 Å². The van der Waals surface area contributed by atoms with E-state index in [0.29, 0.717) is 28.1 Å². The third kappa shape index (κ3) is 3.73. The molecule has 0 saturated carbocycles. The number of likely N-dealkylation sites (N-methyl/N-ethyl adjacent to an activating group) is 1. The van der Waals surface area contributed by atoms with E-state index < -0.39 is 0 Å². The molecule has 20 heavy (non-hydrogen) atoms. The van der Waals surface area contributed by atoms with E-state index in [1.165, 1.54) is 0 Å². The lowest BCUT2D eigenvalue weighted by molar-refractivity contribution is 0.0873. The molecule has 1 aromatic rings. The topological polar surface area (TPSA) is 23.6 Å². The Morgan fingerprint density at radius 1 is 1.35 bits per heavy atom. The molecule has 1 aliphatic rings. The number of benzene rings is 1. The van der Waals surface area contributed by atoms with Gasteiger partial charge in [0.15, 0.2) is 5.78 Å². The highest BCUT2D eigenvalue weighted by molar-refractivity contribution is 6.43. The lowest BCUT2D eigenvalue weighted by Gasteiger charge is -2.37. The van der Waals surface area contributed by atoms with Crippen molar-refractivity contribution in [1.82, 2.24) is 9.80 Å². The van der Waals surface area contributed by atoms with Crippen LogP contribution in [0.5, 0.6) is 0 Å². The number of halogens is 2. The van der Waals surface area contributed by atoms with Crippen LogP contribution in [0.3, 0.4) is 0 Å². The molecule has 0 aliphatic carbocycles. The predicted octanol–water partition coefficient (Wildman–Crippen LogP) is 3.20. The van der Waals surface area contributed by atoms with Gasteiger partial charge in [-0.3, -0.25) is 4.79 Å². The maximum Gasteiger partial charge on any atom is 0.165 e. The van der Waals surface area contributed by atoms with Gasteiger partial charge in [0.2, 0.25) is 0 Å². The van der Waals surface area contributed by atoms with E-state index in [-0.39, 0.29) is 5.78 Å². The molecular weight excluding hydrogens is 295 g/mol. The molecule has 5 heteroatoms. The second-order valence-corrected chi connectivity index (χ2v) is 6.19. The lowest BCUT2D eigenvalue weighted by Crippen LogP contribution is -2.50. The van der Waals surface area contributed by atoms with Gasteiger partial charge >= 0.3 is 0 Å². The van der Waals surface area contributed by atoms with Gasteiger partial charge in [0.05, 0.1) is 10.0 Å². The van der Waals surface area contributed by atoms with Crippen LogP contribution in [-0.2, 0) is 0 Å². The molecule has 2 rings (SSSR count). The summed E-state index contributed by atoms with van der Waals surface area (Å²) in [6, 6.07) is 5.74. The largest absolute Gasteiger partial charge is 0.301 e. The first-order chi connectivity index (χ1) is 9.49. The van der Waals surface area contributed by atoms with Crippen molar-refractivity contribution in [3.63, 3.8) is 0 Å². The number of ketones is 1. The molecule has 0 aromatic heterocycles. The molecule has 110 valence electrons. The molecule has 0 radical (unpaired) electrons. The fourth-order valence-electron chi connectivity index (χ4n) is 2.44. The van der Waals surface area contributed by atoms with E-state index in [9.17, 15) is 4.79 Å². The molecule has 1 fully saturated rings. The standard InChI is InChI=1S/C15H20Cl2N2O/c1-11-10-19(9-8-18(11)2)7-6-14(20)12-4-3-5-13(16)15(12)17/h3-5,11H,6-10H2,1-2H3. The average molecular weight is 315 g/mol. The molecule has 0 spiro atoms. The van der Waals surface area contributed by atoms with Gasteiger partial charge in [-0.1, -0.05) is 29.3 Å². The van der Waals surface area contributed by atoms with Crippen LogP contribution in [0.1, 0.15) is 23.7 Å². The molecule has 1 heterocycles. The van der Waals surface area contributed by atoms with Crippen LogP contribution in [0.25, 0.3) is 0 Å². The van der Waals surface area contributed by atoms with E-state index in [1.54, 1.807) is 18.2 Å². The monoisotopic (exact) mass is 314 g/mol. The van der Waals surface area contributed by atoms with Crippen molar-refractivity contribution in [2.24, 2.45) is 0 Å². The number of carbonyl (C=O) groups excluding carboxylic acids is 1. The van der Waals surface area contributed by atoms with Gasteiger partial charge in [-0.25, -0.2) is 0 Å². The Bertz CT molecular complexity index is 493. The second kappa shape index (κ2) is 6.90. The first kappa shape index (κ1) is 15.8. The number of carbonyl (C=O) groups is 1. The Morgan fingerprint density at radius 2 is 2.10 bits per heavy atom. The Balaban J connectivity index is 1.91. The van der Waals surface area contributed by atoms with E-state index in [0.717, 1.165) is 26.2 Å². The number of nitrogens with zero attached hydrogens (tertiary/aromatic N) is 2. The summed E-state index contributed by atoms with van der Waals surface area (Å²) >= 11 is 12.0. The summed E-state index contributed by atoms with van der Waals surface area (Å²) in [5.74, 6) is 0.0593. The fourth-order valence-corrected chi connectivity index (χ4v) is 2.85. The summed E-state index contributed by atoms with van der Waals surface area (Å²) in [5, 5.41) is 0.802. The quantitative estimate of drug-likeness (QED) is 0.797. The van der Waals surface area contributed by atoms with Gasteiger partial charge in [0.1, 0.15) is 0 Å². The van der Waals surface area contributed by atoms with E-state index >= 15 is 0 Å². The van der Waals surface area contributed by atoms with Gasteiger partial charge in [-0.15, -0.1) is 0 Å². The second-order valence-electron chi connectivity index (χ2n) is 5.40. The number of piperazine rings is 1. The summed E-state index contributed by atoms with van der Waals surface area (Å²) in [4.78, 5) is 16.9. The summed E-state index contributed by atoms with van der Waals surface area (Å²) in [5.41, 5.74) is 0.529. The van der Waals surface area contributed by atoms with E-state index in [2.05, 4.69) is 23.8 Å². The highest BCUT2D eigenvalue weighted by atomic mass is 35.5. The summed E-state index contributed by atoms with van der Waals surface area (Å²) in [7, 11) is 2.14. The van der Waals surface area contributed by atoms with Crippen LogP contribution < -0.4 is 0 Å². The van der Waals surface area contributed by atoms with Crippen molar-refractivity contribution in [3.8, 4) is 0 Å². The highest BCUT2D eigenvalue weighted by Gasteiger charge is 2.21. The molecule has 3 nitrogen and oxygen atoms in total. The zero-order chi connectivity index (χ0) is 14.7. The molecule has 1 aromatic carbocycles. The van der Waals surface area contributed by atoms with Crippen molar-refractivity contribution in [2.75, 3.05) is 33.2 Å². The maximum atomic E-state index is 12.2. The van der Waals surface area contributed by atoms with Crippen molar-refractivity contribution in [3.05, 3.63) is 33.8 Å². The maximum absolute atomic E-state index is 12.2. The van der Waals surface area contributed by atoms with Crippen LogP contribution in [0, 0.1) is 0 Å². The summed E-state index contributed by atoms with van der Waals surface area (Å²) in [6.07, 6.45) is 0.483. The highest BCUT2D eigenvalue weighted by Crippen LogP contribution is 2.26. The Labute approximate surface area is 130 Å². The third-order valence-corrected chi connectivity index (χ3v) is 4.77. The molecular formula is C15H20Cl2N2O. The van der Waals surface area contributed by atoms with Crippen LogP contribution in [0.15, 0.2) is 18.2 Å². The minimum atomic E-state index is 0.0593. The van der Waals surface area contributed by atoms with Gasteiger partial charge in [-0.05, 0) is 26.1 Å². The zero-order valence-electron chi connectivity index (χ0n) is 11.9. The Kier molecular flexibility index (Phi) is 5.44. The van der Waals surface area contributed by atoms with E-state index in [4.69, 9.17) is 23.2 Å². The number of Topliss-reactive ketones (excluding diaryl/α,β-unsaturated/α-hetero) is 1. The minimum absolute atomic E-state index is 0.0593. The molecule has 0 N–H and O–H groups in total. The number of hydrogen-bond acceptors (Lipinski definition) is 3. The van der Waals surface area contributed by atoms with Crippen molar-refractivity contribution in [2.45, 2.75) is 19.4 Å². The van der Waals surface area contributed by atoms with Gasteiger partial charge in [0.25, 0.3) is 0 Å². The predicted molar refractivity (Wildman–Crippen MR) is 83.9 cm³/mol. The molecule has 1 unspecified atom stereocenters. The van der Waals surface area contributed by atoms with Gasteiger partial charge in [0, 0.05) is 44.2 Å². The zero-order valence-corrected chi connectivity index (χ0v) is 13.4. The molecule has 0 bridgehead atoms. The van der Waals surface area contributed by atoms with Crippen LogP contribution in [0.2, 0.25) is 10.0 Å².